The summed E-state index contributed by atoms with van der Waals surface area (Å²) in [5.74, 6) is -0.277. The summed E-state index contributed by atoms with van der Waals surface area (Å²) in [6, 6.07) is 4.39. The topological polar surface area (TPSA) is 38.5 Å². The van der Waals surface area contributed by atoms with Crippen LogP contribution in [-0.4, -0.2) is 18.7 Å². The Morgan fingerprint density at radius 2 is 2.00 bits per heavy atom. The molecule has 17 heavy (non-hydrogen) atoms. The molecule has 0 amide bonds. The van der Waals surface area contributed by atoms with E-state index in [0.717, 1.165) is 12.1 Å². The molecule has 1 aromatic rings. The van der Waals surface area contributed by atoms with Crippen LogP contribution in [0, 0.1) is 11.2 Å². The lowest BCUT2D eigenvalue weighted by Crippen LogP contribution is -2.31. The summed E-state index contributed by atoms with van der Waals surface area (Å²) in [4.78, 5) is 5.28. The van der Waals surface area contributed by atoms with E-state index in [1.54, 1.807) is 18.2 Å². The van der Waals surface area contributed by atoms with Crippen molar-refractivity contribution in [3.8, 4) is 0 Å². The number of halogens is 1. The Labute approximate surface area is 102 Å². The fourth-order valence-corrected chi connectivity index (χ4v) is 1.62. The van der Waals surface area contributed by atoms with Gasteiger partial charge in [0.05, 0.1) is 13.7 Å². The molecule has 0 aromatic heterocycles. The van der Waals surface area contributed by atoms with Gasteiger partial charge in [-0.15, -0.1) is 0 Å². The molecule has 0 aliphatic rings. The average molecular weight is 240 g/mol. The van der Waals surface area contributed by atoms with Gasteiger partial charge in [-0.25, -0.2) is 4.39 Å². The Balaban J connectivity index is 2.77. The first-order valence-corrected chi connectivity index (χ1v) is 5.65. The van der Waals surface area contributed by atoms with Crippen molar-refractivity contribution < 1.29 is 9.23 Å². The molecule has 1 aromatic carbocycles. The van der Waals surface area contributed by atoms with Gasteiger partial charge in [-0.3, -0.25) is 0 Å². The van der Waals surface area contributed by atoms with Crippen LogP contribution < -0.4 is 5.73 Å². The molecular weight excluding hydrogens is 219 g/mol. The Bertz CT molecular complexity index is 374. The first kappa shape index (κ1) is 13.9. The third kappa shape index (κ3) is 4.71. The Morgan fingerprint density at radius 1 is 1.35 bits per heavy atom. The van der Waals surface area contributed by atoms with E-state index in [9.17, 15) is 4.39 Å². The highest BCUT2D eigenvalue weighted by atomic mass is 19.1. The van der Waals surface area contributed by atoms with Crippen molar-refractivity contribution in [3.63, 3.8) is 0 Å². The number of rotatable bonds is 4. The van der Waals surface area contributed by atoms with Crippen LogP contribution in [0.5, 0.6) is 0 Å². The maximum Gasteiger partial charge on any atom is 0.123 e. The van der Waals surface area contributed by atoms with Crippen molar-refractivity contribution in [2.75, 3.05) is 19.4 Å². The zero-order valence-electron chi connectivity index (χ0n) is 11.0. The molecule has 0 aliphatic heterocycles. The van der Waals surface area contributed by atoms with Gasteiger partial charge in [0.1, 0.15) is 5.82 Å². The number of hydroxylamine groups is 2. The van der Waals surface area contributed by atoms with Gasteiger partial charge < -0.3 is 10.6 Å². The second-order valence-electron chi connectivity index (χ2n) is 5.38. The first-order valence-electron chi connectivity index (χ1n) is 5.65. The van der Waals surface area contributed by atoms with Crippen LogP contribution in [0.1, 0.15) is 26.3 Å². The summed E-state index contributed by atoms with van der Waals surface area (Å²) in [6.07, 6.45) is 0. The molecule has 0 unspecified atom stereocenters. The molecule has 0 bridgehead atoms. The SMILES string of the molecule is CON(Cc1cc(F)ccc1N)CC(C)(C)C. The molecule has 0 saturated carbocycles. The molecule has 96 valence electrons. The van der Waals surface area contributed by atoms with Crippen molar-refractivity contribution in [2.24, 2.45) is 5.41 Å². The van der Waals surface area contributed by atoms with Gasteiger partial charge in [0, 0.05) is 12.2 Å². The van der Waals surface area contributed by atoms with Gasteiger partial charge in [-0.1, -0.05) is 20.8 Å². The van der Waals surface area contributed by atoms with Gasteiger partial charge in [0.15, 0.2) is 0 Å². The van der Waals surface area contributed by atoms with Crippen molar-refractivity contribution in [1.82, 2.24) is 5.06 Å². The van der Waals surface area contributed by atoms with Gasteiger partial charge in [0.25, 0.3) is 0 Å². The highest BCUT2D eigenvalue weighted by Crippen LogP contribution is 2.20. The molecule has 0 saturated heterocycles. The molecule has 3 nitrogen and oxygen atoms in total. The van der Waals surface area contributed by atoms with Gasteiger partial charge in [-0.05, 0) is 29.2 Å². The second kappa shape index (κ2) is 5.47. The van der Waals surface area contributed by atoms with E-state index in [-0.39, 0.29) is 11.2 Å². The fraction of sp³-hybridized carbons (Fsp3) is 0.538. The number of benzene rings is 1. The molecular formula is C13H21FN2O. The largest absolute Gasteiger partial charge is 0.398 e. The molecule has 0 aliphatic carbocycles. The number of nitrogens with zero attached hydrogens (tertiary/aromatic N) is 1. The van der Waals surface area contributed by atoms with Crippen molar-refractivity contribution in [1.29, 1.82) is 0 Å². The van der Waals surface area contributed by atoms with Gasteiger partial charge in [0.2, 0.25) is 0 Å². The summed E-state index contributed by atoms with van der Waals surface area (Å²) >= 11 is 0. The van der Waals surface area contributed by atoms with Crippen LogP contribution in [-0.2, 0) is 11.4 Å². The number of hydrogen-bond acceptors (Lipinski definition) is 3. The predicted octanol–water partition coefficient (Wildman–Crippen LogP) is 2.82. The van der Waals surface area contributed by atoms with E-state index in [2.05, 4.69) is 20.8 Å². The number of nitrogen functional groups attached to an aromatic ring is 1. The smallest absolute Gasteiger partial charge is 0.123 e. The lowest BCUT2D eigenvalue weighted by atomic mass is 9.96. The van der Waals surface area contributed by atoms with Gasteiger partial charge >= 0.3 is 0 Å². The molecule has 0 radical (unpaired) electrons. The lowest BCUT2D eigenvalue weighted by Gasteiger charge is -2.28. The molecule has 0 fully saturated rings. The fourth-order valence-electron chi connectivity index (χ4n) is 1.62. The quantitative estimate of drug-likeness (QED) is 0.649. The van der Waals surface area contributed by atoms with E-state index in [1.165, 1.54) is 12.1 Å². The third-order valence-corrected chi connectivity index (χ3v) is 2.36. The maximum atomic E-state index is 13.1. The Morgan fingerprint density at radius 3 is 2.53 bits per heavy atom. The summed E-state index contributed by atoms with van der Waals surface area (Å²) < 4.78 is 13.1. The van der Waals surface area contributed by atoms with E-state index in [0.29, 0.717) is 12.2 Å². The molecule has 0 heterocycles. The first-order chi connectivity index (χ1) is 7.81. The zero-order chi connectivity index (χ0) is 13.1. The van der Waals surface area contributed by atoms with Crippen LogP contribution in [0.4, 0.5) is 10.1 Å². The summed E-state index contributed by atoms with van der Waals surface area (Å²) in [5, 5.41) is 1.78. The minimum Gasteiger partial charge on any atom is -0.398 e. The zero-order valence-corrected chi connectivity index (χ0v) is 11.0. The lowest BCUT2D eigenvalue weighted by molar-refractivity contribution is -0.154. The predicted molar refractivity (Wildman–Crippen MR) is 67.7 cm³/mol. The van der Waals surface area contributed by atoms with Crippen LogP contribution in [0.2, 0.25) is 0 Å². The normalized spacial score (nSPS) is 12.1. The van der Waals surface area contributed by atoms with Gasteiger partial charge in [-0.2, -0.15) is 5.06 Å². The number of nitrogens with two attached hydrogens (primary N) is 1. The maximum absolute atomic E-state index is 13.1. The molecule has 2 N–H and O–H groups in total. The molecule has 4 heteroatoms. The highest BCUT2D eigenvalue weighted by Gasteiger charge is 2.17. The minimum absolute atomic E-state index is 0.109. The molecule has 1 rings (SSSR count). The number of anilines is 1. The van der Waals surface area contributed by atoms with Crippen LogP contribution in [0.15, 0.2) is 18.2 Å². The van der Waals surface area contributed by atoms with E-state index < -0.39 is 0 Å². The highest BCUT2D eigenvalue weighted by molar-refractivity contribution is 5.46. The third-order valence-electron chi connectivity index (χ3n) is 2.36. The van der Waals surface area contributed by atoms with E-state index >= 15 is 0 Å². The van der Waals surface area contributed by atoms with Crippen LogP contribution in [0.25, 0.3) is 0 Å². The molecule has 0 atom stereocenters. The number of hydrogen-bond donors (Lipinski definition) is 1. The Kier molecular flexibility index (Phi) is 4.48. The molecule has 0 spiro atoms. The second-order valence-corrected chi connectivity index (χ2v) is 5.38. The minimum atomic E-state index is -0.277. The van der Waals surface area contributed by atoms with E-state index in [1.807, 2.05) is 0 Å². The van der Waals surface area contributed by atoms with Crippen molar-refractivity contribution in [3.05, 3.63) is 29.6 Å². The summed E-state index contributed by atoms with van der Waals surface area (Å²) in [5.41, 5.74) is 7.25. The monoisotopic (exact) mass is 240 g/mol. The van der Waals surface area contributed by atoms with E-state index in [4.69, 9.17) is 10.6 Å². The average Bonchev–Trinajstić information content (AvgIpc) is 2.20. The Hall–Kier alpha value is -1.13. The van der Waals surface area contributed by atoms with Crippen molar-refractivity contribution >= 4 is 5.69 Å². The summed E-state index contributed by atoms with van der Waals surface area (Å²) in [6.45, 7) is 7.59. The summed E-state index contributed by atoms with van der Waals surface area (Å²) in [7, 11) is 1.61. The van der Waals surface area contributed by atoms with Crippen LogP contribution in [0.3, 0.4) is 0 Å². The van der Waals surface area contributed by atoms with Crippen LogP contribution >= 0.6 is 0 Å². The standard InChI is InChI=1S/C13H21FN2O/c1-13(2,3)9-16(17-4)8-10-7-11(14)5-6-12(10)15/h5-7H,8-9,15H2,1-4H3. The van der Waals surface area contributed by atoms with Crippen molar-refractivity contribution in [2.45, 2.75) is 27.3 Å².